The van der Waals surface area contributed by atoms with E-state index in [1.54, 1.807) is 0 Å². The van der Waals surface area contributed by atoms with Gasteiger partial charge in [0.25, 0.3) is 0 Å². The Morgan fingerprint density at radius 3 is 1.82 bits per heavy atom. The molecule has 88 valence electrons. The fourth-order valence-electron chi connectivity index (χ4n) is 1.40. The standard InChI is InChI=1S/C13H10Br2OS/c14-11-3-1-10(2-4-11)9-17(16)13-7-5-12(15)6-8-13/h1-8H,9H2. The van der Waals surface area contributed by atoms with Gasteiger partial charge in [-0.2, -0.15) is 0 Å². The highest BCUT2D eigenvalue weighted by atomic mass is 79.9. The maximum absolute atomic E-state index is 12.1. The Kier molecular flexibility index (Phi) is 4.54. The molecule has 0 aromatic heterocycles. The topological polar surface area (TPSA) is 17.1 Å². The Bertz CT molecular complexity index is 520. The van der Waals surface area contributed by atoms with Gasteiger partial charge in [-0.3, -0.25) is 4.21 Å². The van der Waals surface area contributed by atoms with E-state index >= 15 is 0 Å². The van der Waals surface area contributed by atoms with E-state index < -0.39 is 10.8 Å². The van der Waals surface area contributed by atoms with Gasteiger partial charge in [0.15, 0.2) is 0 Å². The quantitative estimate of drug-likeness (QED) is 0.772. The van der Waals surface area contributed by atoms with Gasteiger partial charge in [-0.25, -0.2) is 0 Å². The van der Waals surface area contributed by atoms with Crippen LogP contribution in [0.1, 0.15) is 5.56 Å². The van der Waals surface area contributed by atoms with Crippen molar-refractivity contribution in [2.45, 2.75) is 10.6 Å². The van der Waals surface area contributed by atoms with Crippen molar-refractivity contribution in [3.8, 4) is 0 Å². The smallest absolute Gasteiger partial charge is 0.0574 e. The number of rotatable bonds is 3. The summed E-state index contributed by atoms with van der Waals surface area (Å²) in [4.78, 5) is 0.858. The molecule has 0 fully saturated rings. The van der Waals surface area contributed by atoms with E-state index in [0.29, 0.717) is 5.75 Å². The number of hydrogen-bond donors (Lipinski definition) is 0. The molecule has 0 spiro atoms. The van der Waals surface area contributed by atoms with Crippen molar-refractivity contribution >= 4 is 42.7 Å². The summed E-state index contributed by atoms with van der Waals surface area (Å²) < 4.78 is 14.1. The van der Waals surface area contributed by atoms with Crippen LogP contribution < -0.4 is 0 Å². The molecule has 1 unspecified atom stereocenters. The molecule has 0 radical (unpaired) electrons. The maximum atomic E-state index is 12.1. The highest BCUT2D eigenvalue weighted by Crippen LogP contribution is 2.17. The van der Waals surface area contributed by atoms with E-state index in [4.69, 9.17) is 0 Å². The molecule has 1 atom stereocenters. The van der Waals surface area contributed by atoms with E-state index in [1.807, 2.05) is 48.5 Å². The van der Waals surface area contributed by atoms with Crippen LogP contribution in [0, 0.1) is 0 Å². The van der Waals surface area contributed by atoms with E-state index in [-0.39, 0.29) is 0 Å². The summed E-state index contributed by atoms with van der Waals surface area (Å²) in [6, 6.07) is 15.5. The molecule has 0 saturated heterocycles. The minimum absolute atomic E-state index is 0.551. The van der Waals surface area contributed by atoms with Gasteiger partial charge in [-0.05, 0) is 42.0 Å². The molecule has 0 bridgehead atoms. The lowest BCUT2D eigenvalue weighted by molar-refractivity contribution is 0.682. The molecule has 0 aliphatic heterocycles. The van der Waals surface area contributed by atoms with Gasteiger partial charge >= 0.3 is 0 Å². The third kappa shape index (κ3) is 3.76. The molecule has 2 aromatic carbocycles. The van der Waals surface area contributed by atoms with Crippen molar-refractivity contribution in [3.63, 3.8) is 0 Å². The lowest BCUT2D eigenvalue weighted by Crippen LogP contribution is -1.96. The zero-order valence-corrected chi connectivity index (χ0v) is 12.9. The Hall–Kier alpha value is -0.450. The van der Waals surface area contributed by atoms with Gasteiger partial charge in [-0.15, -0.1) is 0 Å². The van der Waals surface area contributed by atoms with Gasteiger partial charge in [0.1, 0.15) is 0 Å². The van der Waals surface area contributed by atoms with Crippen LogP contribution in [-0.4, -0.2) is 4.21 Å². The van der Waals surface area contributed by atoms with Crippen molar-refractivity contribution in [1.29, 1.82) is 0 Å². The van der Waals surface area contributed by atoms with E-state index in [1.165, 1.54) is 0 Å². The van der Waals surface area contributed by atoms with Gasteiger partial charge in [-0.1, -0.05) is 44.0 Å². The average Bonchev–Trinajstić information content (AvgIpc) is 2.33. The van der Waals surface area contributed by atoms with Crippen LogP contribution in [0.3, 0.4) is 0 Å². The molecule has 0 amide bonds. The molecule has 2 rings (SSSR count). The first kappa shape index (κ1) is 13.0. The lowest BCUT2D eigenvalue weighted by atomic mass is 10.2. The van der Waals surface area contributed by atoms with Crippen molar-refractivity contribution < 1.29 is 4.21 Å². The fourth-order valence-corrected chi connectivity index (χ4v) is 3.03. The predicted octanol–water partition coefficient (Wildman–Crippen LogP) is 4.52. The van der Waals surface area contributed by atoms with Gasteiger partial charge in [0, 0.05) is 13.8 Å². The van der Waals surface area contributed by atoms with E-state index in [2.05, 4.69) is 31.9 Å². The first-order valence-corrected chi connectivity index (χ1v) is 7.94. The fraction of sp³-hybridized carbons (Fsp3) is 0.0769. The molecule has 0 N–H and O–H groups in total. The highest BCUT2D eigenvalue weighted by Gasteiger charge is 2.04. The number of benzene rings is 2. The predicted molar refractivity (Wildman–Crippen MR) is 78.4 cm³/mol. The molecular weight excluding hydrogens is 364 g/mol. The third-order valence-electron chi connectivity index (χ3n) is 2.29. The Morgan fingerprint density at radius 2 is 1.29 bits per heavy atom. The van der Waals surface area contributed by atoms with Crippen molar-refractivity contribution in [1.82, 2.24) is 0 Å². The average molecular weight is 374 g/mol. The van der Waals surface area contributed by atoms with Crippen LogP contribution in [0.15, 0.2) is 62.4 Å². The second-order valence-electron chi connectivity index (χ2n) is 3.57. The zero-order valence-electron chi connectivity index (χ0n) is 8.90. The van der Waals surface area contributed by atoms with Crippen molar-refractivity contribution in [2.75, 3.05) is 0 Å². The molecule has 0 saturated carbocycles. The van der Waals surface area contributed by atoms with E-state index in [0.717, 1.165) is 19.4 Å². The second kappa shape index (κ2) is 5.94. The summed E-state index contributed by atoms with van der Waals surface area (Å²) in [5.41, 5.74) is 1.08. The Morgan fingerprint density at radius 1 is 0.824 bits per heavy atom. The molecule has 0 aliphatic rings. The first-order chi connectivity index (χ1) is 8.15. The summed E-state index contributed by atoms with van der Waals surface area (Å²) in [6.45, 7) is 0. The SMILES string of the molecule is O=S(Cc1ccc(Br)cc1)c1ccc(Br)cc1. The Labute approximate surface area is 120 Å². The van der Waals surface area contributed by atoms with Crippen LogP contribution >= 0.6 is 31.9 Å². The van der Waals surface area contributed by atoms with Crippen LogP contribution in [0.25, 0.3) is 0 Å². The summed E-state index contributed by atoms with van der Waals surface area (Å²) in [6.07, 6.45) is 0. The molecule has 2 aromatic rings. The highest BCUT2D eigenvalue weighted by molar-refractivity contribution is 9.10. The summed E-state index contributed by atoms with van der Waals surface area (Å²) >= 11 is 6.75. The summed E-state index contributed by atoms with van der Waals surface area (Å²) in [7, 11) is -0.985. The van der Waals surface area contributed by atoms with Crippen molar-refractivity contribution in [3.05, 3.63) is 63.0 Å². The van der Waals surface area contributed by atoms with E-state index in [9.17, 15) is 4.21 Å². The normalized spacial score (nSPS) is 12.4. The maximum Gasteiger partial charge on any atom is 0.0574 e. The molecule has 0 heterocycles. The molecule has 17 heavy (non-hydrogen) atoms. The monoisotopic (exact) mass is 372 g/mol. The molecule has 4 heteroatoms. The third-order valence-corrected chi connectivity index (χ3v) is 4.74. The van der Waals surface area contributed by atoms with Crippen LogP contribution in [0.2, 0.25) is 0 Å². The molecule has 0 aliphatic carbocycles. The first-order valence-electron chi connectivity index (χ1n) is 5.03. The van der Waals surface area contributed by atoms with Crippen LogP contribution in [-0.2, 0) is 16.6 Å². The van der Waals surface area contributed by atoms with Crippen LogP contribution in [0.5, 0.6) is 0 Å². The van der Waals surface area contributed by atoms with Gasteiger partial charge < -0.3 is 0 Å². The molecular formula is C13H10Br2OS. The lowest BCUT2D eigenvalue weighted by Gasteiger charge is -2.03. The zero-order chi connectivity index (χ0) is 12.3. The summed E-state index contributed by atoms with van der Waals surface area (Å²) in [5, 5.41) is 0. The second-order valence-corrected chi connectivity index (χ2v) is 6.85. The number of hydrogen-bond acceptors (Lipinski definition) is 1. The van der Waals surface area contributed by atoms with Gasteiger partial charge in [0.05, 0.1) is 16.6 Å². The largest absolute Gasteiger partial charge is 0.254 e. The minimum atomic E-state index is -0.985. The Balaban J connectivity index is 2.11. The molecule has 1 nitrogen and oxygen atoms in total. The van der Waals surface area contributed by atoms with Crippen molar-refractivity contribution in [2.24, 2.45) is 0 Å². The van der Waals surface area contributed by atoms with Gasteiger partial charge in [0.2, 0.25) is 0 Å². The number of halogens is 2. The summed E-state index contributed by atoms with van der Waals surface area (Å²) in [5.74, 6) is 0.551. The minimum Gasteiger partial charge on any atom is -0.254 e. The van der Waals surface area contributed by atoms with Crippen LogP contribution in [0.4, 0.5) is 0 Å².